The summed E-state index contributed by atoms with van der Waals surface area (Å²) in [4.78, 5) is 11.6. The lowest BCUT2D eigenvalue weighted by Gasteiger charge is -2.10. The zero-order valence-electron chi connectivity index (χ0n) is 10.3. The lowest BCUT2D eigenvalue weighted by Crippen LogP contribution is -2.33. The van der Waals surface area contributed by atoms with Crippen LogP contribution in [0.15, 0.2) is 12.3 Å². The van der Waals surface area contributed by atoms with E-state index in [0.29, 0.717) is 19.0 Å². The largest absolute Gasteiger partial charge is 0.356 e. The zero-order chi connectivity index (χ0) is 12.1. The average Bonchev–Trinajstić information content (AvgIpc) is 2.91. The van der Waals surface area contributed by atoms with E-state index >= 15 is 0 Å². The highest BCUT2D eigenvalue weighted by molar-refractivity contribution is 5.76. The number of carbonyl (C=O) groups excluding carboxylic acids is 1. The second-order valence-electron chi connectivity index (χ2n) is 4.54. The fourth-order valence-corrected chi connectivity index (χ4v) is 2.20. The van der Waals surface area contributed by atoms with E-state index in [9.17, 15) is 4.79 Å². The summed E-state index contributed by atoms with van der Waals surface area (Å²) >= 11 is 0. The Morgan fingerprint density at radius 1 is 1.71 bits per heavy atom. The number of nitrogens with one attached hydrogen (secondary N) is 2. The van der Waals surface area contributed by atoms with Gasteiger partial charge in [-0.15, -0.1) is 0 Å². The van der Waals surface area contributed by atoms with E-state index in [4.69, 9.17) is 0 Å². The van der Waals surface area contributed by atoms with Gasteiger partial charge in [-0.2, -0.15) is 5.10 Å². The van der Waals surface area contributed by atoms with Crippen molar-refractivity contribution in [3.8, 4) is 0 Å². The van der Waals surface area contributed by atoms with Crippen molar-refractivity contribution >= 4 is 5.91 Å². The van der Waals surface area contributed by atoms with Gasteiger partial charge in [-0.25, -0.2) is 0 Å². The Kier molecular flexibility index (Phi) is 4.14. The van der Waals surface area contributed by atoms with Gasteiger partial charge in [0.2, 0.25) is 5.91 Å². The smallest absolute Gasteiger partial charge is 0.221 e. The minimum Gasteiger partial charge on any atom is -0.356 e. The molecule has 5 nitrogen and oxygen atoms in total. The number of hydrogen-bond donors (Lipinski definition) is 2. The van der Waals surface area contributed by atoms with Crippen LogP contribution in [0.25, 0.3) is 0 Å². The summed E-state index contributed by atoms with van der Waals surface area (Å²) in [6.45, 7) is 1.73. The molecule has 0 saturated carbocycles. The van der Waals surface area contributed by atoms with Crippen molar-refractivity contribution in [1.82, 2.24) is 20.4 Å². The first-order valence-electron chi connectivity index (χ1n) is 6.22. The molecule has 17 heavy (non-hydrogen) atoms. The van der Waals surface area contributed by atoms with Gasteiger partial charge in [0.25, 0.3) is 0 Å². The van der Waals surface area contributed by atoms with Crippen LogP contribution in [0.4, 0.5) is 0 Å². The van der Waals surface area contributed by atoms with Gasteiger partial charge < -0.3 is 10.6 Å². The SMILES string of the molecule is Cn1nccc1CCNC(=O)CC1CCCN1. The van der Waals surface area contributed by atoms with Gasteiger partial charge in [0.05, 0.1) is 0 Å². The summed E-state index contributed by atoms with van der Waals surface area (Å²) in [5, 5.41) is 10.4. The van der Waals surface area contributed by atoms with E-state index in [1.165, 1.54) is 6.42 Å². The topological polar surface area (TPSA) is 59.0 Å². The lowest BCUT2D eigenvalue weighted by molar-refractivity contribution is -0.121. The van der Waals surface area contributed by atoms with Crippen molar-refractivity contribution < 1.29 is 4.79 Å². The molecular weight excluding hydrogens is 216 g/mol. The highest BCUT2D eigenvalue weighted by atomic mass is 16.1. The van der Waals surface area contributed by atoms with E-state index < -0.39 is 0 Å². The first-order valence-corrected chi connectivity index (χ1v) is 6.22. The van der Waals surface area contributed by atoms with Gasteiger partial charge in [0.15, 0.2) is 0 Å². The fourth-order valence-electron chi connectivity index (χ4n) is 2.20. The van der Waals surface area contributed by atoms with Gasteiger partial charge in [-0.3, -0.25) is 9.48 Å². The number of aromatic nitrogens is 2. The second-order valence-corrected chi connectivity index (χ2v) is 4.54. The maximum Gasteiger partial charge on any atom is 0.221 e. The van der Waals surface area contributed by atoms with Crippen molar-refractivity contribution in [1.29, 1.82) is 0 Å². The molecule has 1 aliphatic heterocycles. The summed E-state index contributed by atoms with van der Waals surface area (Å²) in [5.74, 6) is 0.145. The molecule has 2 N–H and O–H groups in total. The number of aryl methyl sites for hydroxylation is 1. The molecule has 1 unspecified atom stereocenters. The number of nitrogens with zero attached hydrogens (tertiary/aromatic N) is 2. The van der Waals surface area contributed by atoms with E-state index in [0.717, 1.165) is 25.1 Å². The molecule has 1 fully saturated rings. The third-order valence-corrected chi connectivity index (χ3v) is 3.22. The standard InChI is InChI=1S/C12H20N4O/c1-16-11(5-8-15-16)4-7-14-12(17)9-10-3-2-6-13-10/h5,8,10,13H,2-4,6-7,9H2,1H3,(H,14,17). The number of rotatable bonds is 5. The van der Waals surface area contributed by atoms with Crippen LogP contribution in [0, 0.1) is 0 Å². The Hall–Kier alpha value is -1.36. The van der Waals surface area contributed by atoms with Crippen molar-refractivity contribution in [2.45, 2.75) is 31.7 Å². The van der Waals surface area contributed by atoms with E-state index in [2.05, 4.69) is 15.7 Å². The molecule has 0 aliphatic carbocycles. The third-order valence-electron chi connectivity index (χ3n) is 3.22. The van der Waals surface area contributed by atoms with Crippen LogP contribution in [-0.4, -0.2) is 34.8 Å². The Morgan fingerprint density at radius 3 is 3.24 bits per heavy atom. The molecule has 1 saturated heterocycles. The summed E-state index contributed by atoms with van der Waals surface area (Å²) in [6, 6.07) is 2.36. The van der Waals surface area contributed by atoms with Crippen molar-refractivity contribution in [3.63, 3.8) is 0 Å². The van der Waals surface area contributed by atoms with Crippen molar-refractivity contribution in [3.05, 3.63) is 18.0 Å². The molecule has 5 heteroatoms. The Balaban J connectivity index is 1.64. The van der Waals surface area contributed by atoms with Crippen LogP contribution in [0.1, 0.15) is 25.0 Å². The predicted molar refractivity (Wildman–Crippen MR) is 65.6 cm³/mol. The van der Waals surface area contributed by atoms with Crippen LogP contribution in [0.3, 0.4) is 0 Å². The molecule has 2 rings (SSSR count). The molecule has 1 atom stereocenters. The van der Waals surface area contributed by atoms with Gasteiger partial charge in [-0.05, 0) is 25.5 Å². The summed E-state index contributed by atoms with van der Waals surface area (Å²) < 4.78 is 1.84. The first-order chi connectivity index (χ1) is 8.25. The van der Waals surface area contributed by atoms with Gasteiger partial charge in [-0.1, -0.05) is 0 Å². The van der Waals surface area contributed by atoms with Gasteiger partial charge in [0, 0.05) is 44.4 Å². The molecule has 0 spiro atoms. The lowest BCUT2D eigenvalue weighted by atomic mass is 10.1. The molecule has 2 heterocycles. The second kappa shape index (κ2) is 5.82. The normalized spacial score (nSPS) is 19.5. The highest BCUT2D eigenvalue weighted by Gasteiger charge is 2.17. The van der Waals surface area contributed by atoms with Crippen LogP contribution >= 0.6 is 0 Å². The molecule has 0 aromatic carbocycles. The quantitative estimate of drug-likeness (QED) is 0.769. The Labute approximate surface area is 102 Å². The minimum absolute atomic E-state index is 0.145. The molecule has 94 valence electrons. The molecule has 1 aromatic rings. The summed E-state index contributed by atoms with van der Waals surface area (Å²) in [5.41, 5.74) is 1.14. The molecule has 0 bridgehead atoms. The Morgan fingerprint density at radius 2 is 2.59 bits per heavy atom. The van der Waals surface area contributed by atoms with E-state index in [-0.39, 0.29) is 5.91 Å². The molecule has 1 amide bonds. The molecule has 1 aliphatic rings. The van der Waals surface area contributed by atoms with Crippen LogP contribution in [-0.2, 0) is 18.3 Å². The van der Waals surface area contributed by atoms with E-state index in [1.807, 2.05) is 17.8 Å². The number of amides is 1. The maximum absolute atomic E-state index is 11.6. The van der Waals surface area contributed by atoms with Gasteiger partial charge in [0.1, 0.15) is 0 Å². The summed E-state index contributed by atoms with van der Waals surface area (Å²) in [7, 11) is 1.92. The maximum atomic E-state index is 11.6. The minimum atomic E-state index is 0.145. The van der Waals surface area contributed by atoms with Crippen LogP contribution in [0.2, 0.25) is 0 Å². The van der Waals surface area contributed by atoms with Crippen LogP contribution in [0.5, 0.6) is 0 Å². The number of hydrogen-bond acceptors (Lipinski definition) is 3. The predicted octanol–water partition coefficient (Wildman–Crippen LogP) is 0.221. The van der Waals surface area contributed by atoms with Crippen LogP contribution < -0.4 is 10.6 Å². The molecule has 0 radical (unpaired) electrons. The zero-order valence-corrected chi connectivity index (χ0v) is 10.3. The fraction of sp³-hybridized carbons (Fsp3) is 0.667. The highest BCUT2D eigenvalue weighted by Crippen LogP contribution is 2.08. The molecular formula is C12H20N4O. The first kappa shape index (κ1) is 12.1. The average molecular weight is 236 g/mol. The number of carbonyl (C=O) groups is 1. The molecule has 1 aromatic heterocycles. The Bertz CT molecular complexity index is 368. The van der Waals surface area contributed by atoms with Crippen molar-refractivity contribution in [2.24, 2.45) is 7.05 Å². The third kappa shape index (κ3) is 3.56. The van der Waals surface area contributed by atoms with Crippen molar-refractivity contribution in [2.75, 3.05) is 13.1 Å². The summed E-state index contributed by atoms with van der Waals surface area (Å²) in [6.07, 6.45) is 5.52. The van der Waals surface area contributed by atoms with Gasteiger partial charge >= 0.3 is 0 Å². The monoisotopic (exact) mass is 236 g/mol. The van der Waals surface area contributed by atoms with E-state index in [1.54, 1.807) is 6.20 Å².